The van der Waals surface area contributed by atoms with Crippen molar-refractivity contribution in [3.05, 3.63) is 59.1 Å². The molecule has 24 heavy (non-hydrogen) atoms. The minimum atomic E-state index is -0.224. The van der Waals surface area contributed by atoms with Gasteiger partial charge in [0.2, 0.25) is 5.91 Å². The van der Waals surface area contributed by atoms with E-state index >= 15 is 0 Å². The number of carbonyl (C=O) groups is 1. The third-order valence-corrected chi connectivity index (χ3v) is 5.20. The summed E-state index contributed by atoms with van der Waals surface area (Å²) < 4.78 is 0. The molecule has 0 aliphatic carbocycles. The number of hydrogen-bond donors (Lipinski definition) is 1. The van der Waals surface area contributed by atoms with E-state index in [1.165, 1.54) is 17.3 Å². The fourth-order valence-corrected chi connectivity index (χ4v) is 3.29. The monoisotopic (exact) mass is 362 g/mol. The lowest BCUT2D eigenvalue weighted by Gasteiger charge is -2.13. The summed E-state index contributed by atoms with van der Waals surface area (Å²) in [7, 11) is 4.12. The van der Waals surface area contributed by atoms with Crippen molar-refractivity contribution in [2.75, 3.05) is 26.0 Å². The Labute approximate surface area is 153 Å². The van der Waals surface area contributed by atoms with Gasteiger partial charge in [0.05, 0.1) is 10.3 Å². The van der Waals surface area contributed by atoms with Crippen LogP contribution in [0.25, 0.3) is 0 Å². The lowest BCUT2D eigenvalue weighted by molar-refractivity contribution is -0.115. The molecule has 0 aliphatic heterocycles. The maximum Gasteiger partial charge on any atom is 0.237 e. The van der Waals surface area contributed by atoms with E-state index in [0.29, 0.717) is 5.02 Å². The summed E-state index contributed by atoms with van der Waals surface area (Å²) in [5.41, 5.74) is 2.08. The van der Waals surface area contributed by atoms with E-state index < -0.39 is 0 Å². The van der Waals surface area contributed by atoms with Crippen LogP contribution in [0.1, 0.15) is 12.5 Å². The predicted octanol–water partition coefficient (Wildman–Crippen LogP) is 4.56. The van der Waals surface area contributed by atoms with Crippen LogP contribution >= 0.6 is 23.4 Å². The lowest BCUT2D eigenvalue weighted by Crippen LogP contribution is -2.22. The maximum absolute atomic E-state index is 12.3. The first-order valence-electron chi connectivity index (χ1n) is 7.91. The Hall–Kier alpha value is -1.49. The molecule has 2 aromatic carbocycles. The first-order valence-corrected chi connectivity index (χ1v) is 9.17. The van der Waals surface area contributed by atoms with Gasteiger partial charge in [0.1, 0.15) is 0 Å². The fourth-order valence-electron chi connectivity index (χ4n) is 2.14. The van der Waals surface area contributed by atoms with Crippen molar-refractivity contribution in [1.29, 1.82) is 0 Å². The summed E-state index contributed by atoms with van der Waals surface area (Å²) in [5, 5.41) is 3.41. The number of nitrogens with zero attached hydrogens (tertiary/aromatic N) is 1. The number of amides is 1. The van der Waals surface area contributed by atoms with Gasteiger partial charge in [0.15, 0.2) is 0 Å². The van der Waals surface area contributed by atoms with Gasteiger partial charge in [-0.05, 0) is 57.3 Å². The molecule has 0 saturated carbocycles. The molecule has 2 aromatic rings. The van der Waals surface area contributed by atoms with Crippen LogP contribution in [-0.4, -0.2) is 36.7 Å². The smallest absolute Gasteiger partial charge is 0.237 e. The van der Waals surface area contributed by atoms with E-state index in [0.717, 1.165) is 23.5 Å². The van der Waals surface area contributed by atoms with Gasteiger partial charge in [0.25, 0.3) is 0 Å². The summed E-state index contributed by atoms with van der Waals surface area (Å²) in [6.45, 7) is 2.89. The standard InChI is InChI=1S/C19H23ClN2OS/c1-14(24-18-7-5-4-6-17(18)20)19(23)21-16-10-8-15(9-11-16)12-13-22(2)3/h4-11,14H,12-13H2,1-3H3,(H,21,23). The van der Waals surface area contributed by atoms with Crippen molar-refractivity contribution in [2.45, 2.75) is 23.5 Å². The van der Waals surface area contributed by atoms with Crippen LogP contribution in [0, 0.1) is 0 Å². The van der Waals surface area contributed by atoms with Gasteiger partial charge in [-0.1, -0.05) is 35.9 Å². The molecule has 0 aliphatic rings. The third kappa shape index (κ3) is 5.86. The van der Waals surface area contributed by atoms with Crippen LogP contribution in [0.5, 0.6) is 0 Å². The normalized spacial score (nSPS) is 12.2. The molecule has 0 aromatic heterocycles. The van der Waals surface area contributed by atoms with Gasteiger partial charge < -0.3 is 10.2 Å². The molecule has 5 heteroatoms. The number of rotatable bonds is 7. The van der Waals surface area contributed by atoms with Crippen LogP contribution in [0.15, 0.2) is 53.4 Å². The van der Waals surface area contributed by atoms with Crippen molar-refractivity contribution in [3.8, 4) is 0 Å². The molecule has 1 amide bonds. The molecule has 128 valence electrons. The van der Waals surface area contributed by atoms with E-state index in [-0.39, 0.29) is 11.2 Å². The number of thioether (sulfide) groups is 1. The van der Waals surface area contributed by atoms with E-state index in [1.54, 1.807) is 0 Å². The Morgan fingerprint density at radius 3 is 2.46 bits per heavy atom. The minimum Gasteiger partial charge on any atom is -0.325 e. The number of carbonyl (C=O) groups excluding carboxylic acids is 1. The molecule has 0 saturated heterocycles. The summed E-state index contributed by atoms with van der Waals surface area (Å²) in [6, 6.07) is 15.6. The van der Waals surface area contributed by atoms with Crippen LogP contribution in [0.2, 0.25) is 5.02 Å². The zero-order valence-corrected chi connectivity index (χ0v) is 15.8. The molecule has 0 radical (unpaired) electrons. The largest absolute Gasteiger partial charge is 0.325 e. The Balaban J connectivity index is 1.90. The molecule has 0 heterocycles. The highest BCUT2D eigenvalue weighted by molar-refractivity contribution is 8.00. The second-order valence-electron chi connectivity index (χ2n) is 5.93. The highest BCUT2D eigenvalue weighted by Gasteiger charge is 2.15. The fraction of sp³-hybridized carbons (Fsp3) is 0.316. The molecular weight excluding hydrogens is 340 g/mol. The molecule has 0 bridgehead atoms. The quantitative estimate of drug-likeness (QED) is 0.732. The molecule has 3 nitrogen and oxygen atoms in total. The summed E-state index contributed by atoms with van der Waals surface area (Å²) >= 11 is 7.61. The van der Waals surface area contributed by atoms with Gasteiger partial charge in [-0.3, -0.25) is 4.79 Å². The third-order valence-electron chi connectivity index (χ3n) is 3.58. The SMILES string of the molecule is CC(Sc1ccccc1Cl)C(=O)Nc1ccc(CCN(C)C)cc1. The van der Waals surface area contributed by atoms with Crippen LogP contribution in [0.4, 0.5) is 5.69 Å². The average molecular weight is 363 g/mol. The number of anilines is 1. The number of nitrogens with one attached hydrogen (secondary N) is 1. The summed E-state index contributed by atoms with van der Waals surface area (Å²) in [6.07, 6.45) is 1.000. The van der Waals surface area contributed by atoms with Gasteiger partial charge in [-0.2, -0.15) is 0 Å². The second kappa shape index (κ2) is 9.11. The molecule has 2 rings (SSSR count). The van der Waals surface area contributed by atoms with Gasteiger partial charge in [-0.15, -0.1) is 11.8 Å². The van der Waals surface area contributed by atoms with Crippen molar-refractivity contribution < 1.29 is 4.79 Å². The minimum absolute atomic E-state index is 0.0269. The first kappa shape index (κ1) is 18.8. The van der Waals surface area contributed by atoms with Crippen LogP contribution in [0.3, 0.4) is 0 Å². The predicted molar refractivity (Wildman–Crippen MR) is 104 cm³/mol. The first-order chi connectivity index (χ1) is 11.5. The van der Waals surface area contributed by atoms with Crippen LogP contribution < -0.4 is 5.32 Å². The van der Waals surface area contributed by atoms with E-state index in [4.69, 9.17) is 11.6 Å². The van der Waals surface area contributed by atoms with E-state index in [1.807, 2.05) is 43.3 Å². The van der Waals surface area contributed by atoms with E-state index in [9.17, 15) is 4.79 Å². The number of halogens is 1. The number of likely N-dealkylation sites (N-methyl/N-ethyl adjacent to an activating group) is 1. The van der Waals surface area contributed by atoms with Gasteiger partial charge in [-0.25, -0.2) is 0 Å². The molecule has 1 N–H and O–H groups in total. The zero-order valence-electron chi connectivity index (χ0n) is 14.3. The van der Waals surface area contributed by atoms with E-state index in [2.05, 4.69) is 36.4 Å². The average Bonchev–Trinajstić information content (AvgIpc) is 2.56. The Morgan fingerprint density at radius 2 is 1.83 bits per heavy atom. The van der Waals surface area contributed by atoms with Crippen LogP contribution in [-0.2, 0) is 11.2 Å². The van der Waals surface area contributed by atoms with Crippen molar-refractivity contribution in [1.82, 2.24) is 4.90 Å². The topological polar surface area (TPSA) is 32.3 Å². The number of hydrogen-bond acceptors (Lipinski definition) is 3. The Kier molecular flexibility index (Phi) is 7.16. The summed E-state index contributed by atoms with van der Waals surface area (Å²) in [4.78, 5) is 15.4. The molecule has 1 atom stereocenters. The maximum atomic E-state index is 12.3. The molecular formula is C19H23ClN2OS. The molecule has 1 unspecified atom stereocenters. The molecule has 0 fully saturated rings. The molecule has 0 spiro atoms. The second-order valence-corrected chi connectivity index (χ2v) is 7.72. The Bertz CT molecular complexity index is 673. The Morgan fingerprint density at radius 1 is 1.17 bits per heavy atom. The highest BCUT2D eigenvalue weighted by Crippen LogP contribution is 2.30. The summed E-state index contributed by atoms with van der Waals surface area (Å²) in [5.74, 6) is -0.0269. The van der Waals surface area contributed by atoms with Gasteiger partial charge in [0, 0.05) is 17.1 Å². The van der Waals surface area contributed by atoms with Crippen molar-refractivity contribution in [3.63, 3.8) is 0 Å². The van der Waals surface area contributed by atoms with Crippen molar-refractivity contribution in [2.24, 2.45) is 0 Å². The zero-order chi connectivity index (χ0) is 17.5. The van der Waals surface area contributed by atoms with Crippen molar-refractivity contribution >= 4 is 35.0 Å². The number of benzene rings is 2. The highest BCUT2D eigenvalue weighted by atomic mass is 35.5. The lowest BCUT2D eigenvalue weighted by atomic mass is 10.1. The van der Waals surface area contributed by atoms with Gasteiger partial charge >= 0.3 is 0 Å².